The lowest BCUT2D eigenvalue weighted by molar-refractivity contribution is 0.910. The van der Waals surface area contributed by atoms with E-state index >= 15 is 0 Å². The van der Waals surface area contributed by atoms with Crippen molar-refractivity contribution in [2.45, 2.75) is 13.3 Å². The number of halogens is 2. The predicted octanol–water partition coefficient (Wildman–Crippen LogP) is 4.33. The summed E-state index contributed by atoms with van der Waals surface area (Å²) in [6.45, 7) is 2.08. The van der Waals surface area contributed by atoms with E-state index in [0.717, 1.165) is 27.6 Å². The van der Waals surface area contributed by atoms with Crippen molar-refractivity contribution in [2.75, 3.05) is 0 Å². The van der Waals surface area contributed by atoms with E-state index in [1.54, 1.807) is 28.0 Å². The van der Waals surface area contributed by atoms with Crippen molar-refractivity contribution >= 4 is 39.5 Å². The summed E-state index contributed by atoms with van der Waals surface area (Å²) in [7, 11) is 0. The lowest BCUT2D eigenvalue weighted by Gasteiger charge is -2.00. The number of fused-ring (bicyclic) bond motifs is 1. The molecule has 18 heavy (non-hydrogen) atoms. The fourth-order valence-electron chi connectivity index (χ4n) is 1.71. The number of rotatable bonds is 2. The highest BCUT2D eigenvalue weighted by atomic mass is 35.5. The van der Waals surface area contributed by atoms with Crippen LogP contribution in [0.1, 0.15) is 11.9 Å². The van der Waals surface area contributed by atoms with Crippen LogP contribution in [0, 0.1) is 0 Å². The Morgan fingerprint density at radius 3 is 2.89 bits per heavy atom. The number of imidazole rings is 1. The molecule has 0 atom stereocenters. The van der Waals surface area contributed by atoms with E-state index < -0.39 is 0 Å². The van der Waals surface area contributed by atoms with Gasteiger partial charge in [0.25, 0.3) is 0 Å². The van der Waals surface area contributed by atoms with Crippen LogP contribution in [-0.4, -0.2) is 14.6 Å². The summed E-state index contributed by atoms with van der Waals surface area (Å²) in [6, 6.07) is 5.36. The molecule has 0 saturated heterocycles. The van der Waals surface area contributed by atoms with Crippen molar-refractivity contribution in [2.24, 2.45) is 0 Å². The third-order valence-corrected chi connectivity index (χ3v) is 4.22. The van der Waals surface area contributed by atoms with Crippen LogP contribution >= 0.6 is 34.5 Å². The van der Waals surface area contributed by atoms with Crippen LogP contribution in [0.5, 0.6) is 0 Å². The number of hydrogen-bond donors (Lipinski definition) is 0. The Morgan fingerprint density at radius 1 is 1.33 bits per heavy atom. The molecule has 0 saturated carbocycles. The molecule has 0 bridgehead atoms. The number of aromatic nitrogens is 3. The Bertz CT molecular complexity index is 686. The first-order valence-corrected chi connectivity index (χ1v) is 7.05. The van der Waals surface area contributed by atoms with Crippen LogP contribution in [0.15, 0.2) is 24.4 Å². The van der Waals surface area contributed by atoms with Gasteiger partial charge >= 0.3 is 0 Å². The van der Waals surface area contributed by atoms with E-state index in [9.17, 15) is 0 Å². The normalized spacial score (nSPS) is 11.3. The number of benzene rings is 1. The van der Waals surface area contributed by atoms with Gasteiger partial charge in [-0.1, -0.05) is 41.5 Å². The lowest BCUT2D eigenvalue weighted by Crippen LogP contribution is -1.84. The molecule has 3 nitrogen and oxygen atoms in total. The van der Waals surface area contributed by atoms with Crippen molar-refractivity contribution in [3.05, 3.63) is 39.4 Å². The Balaban J connectivity index is 2.13. The Morgan fingerprint density at radius 2 is 2.17 bits per heavy atom. The summed E-state index contributed by atoms with van der Waals surface area (Å²) in [4.78, 5) is 5.40. The van der Waals surface area contributed by atoms with Gasteiger partial charge in [-0.05, 0) is 24.6 Å². The minimum Gasteiger partial charge on any atom is -0.217 e. The van der Waals surface area contributed by atoms with Crippen molar-refractivity contribution in [1.29, 1.82) is 0 Å². The van der Waals surface area contributed by atoms with Gasteiger partial charge in [0.15, 0.2) is 0 Å². The lowest BCUT2D eigenvalue weighted by atomic mass is 10.2. The number of aryl methyl sites for hydroxylation is 1. The largest absolute Gasteiger partial charge is 0.217 e. The molecule has 3 rings (SSSR count). The van der Waals surface area contributed by atoms with Crippen LogP contribution in [0.2, 0.25) is 10.0 Å². The zero-order chi connectivity index (χ0) is 12.7. The fourth-order valence-corrected chi connectivity index (χ4v) is 2.91. The molecule has 1 aromatic carbocycles. The summed E-state index contributed by atoms with van der Waals surface area (Å²) in [5, 5.41) is 6.78. The fraction of sp³-hybridized carbons (Fsp3) is 0.167. The predicted molar refractivity (Wildman–Crippen MR) is 75.7 cm³/mol. The first-order chi connectivity index (χ1) is 8.67. The highest BCUT2D eigenvalue weighted by molar-refractivity contribution is 7.16. The summed E-state index contributed by atoms with van der Waals surface area (Å²) in [6.07, 6.45) is 2.80. The second kappa shape index (κ2) is 4.53. The average Bonchev–Trinajstić information content (AvgIpc) is 2.89. The zero-order valence-corrected chi connectivity index (χ0v) is 11.9. The molecule has 0 fully saturated rings. The molecule has 0 N–H and O–H groups in total. The molecule has 0 aliphatic rings. The van der Waals surface area contributed by atoms with E-state index in [2.05, 4.69) is 17.0 Å². The molecule has 2 heterocycles. The maximum Gasteiger partial charge on any atom is 0.212 e. The van der Waals surface area contributed by atoms with Crippen molar-refractivity contribution in [1.82, 2.24) is 14.6 Å². The summed E-state index contributed by atoms with van der Waals surface area (Å²) in [5.41, 5.74) is 1.63. The van der Waals surface area contributed by atoms with Crippen LogP contribution in [0.25, 0.3) is 16.2 Å². The molecule has 0 aliphatic carbocycles. The molecule has 2 aromatic heterocycles. The number of nitrogens with zero attached hydrogens (tertiary/aromatic N) is 3. The summed E-state index contributed by atoms with van der Waals surface area (Å²) >= 11 is 13.7. The Hall–Kier alpha value is -1.10. The minimum atomic E-state index is 0.640. The van der Waals surface area contributed by atoms with Crippen LogP contribution in [-0.2, 0) is 6.42 Å². The van der Waals surface area contributed by atoms with Gasteiger partial charge in [0, 0.05) is 10.6 Å². The minimum absolute atomic E-state index is 0.640. The first-order valence-electron chi connectivity index (χ1n) is 5.48. The second-order valence-corrected chi connectivity index (χ2v) is 5.71. The number of hydrogen-bond acceptors (Lipinski definition) is 3. The molecule has 0 unspecified atom stereocenters. The second-order valence-electron chi connectivity index (χ2n) is 3.83. The molecular formula is C12H9Cl2N3S. The highest BCUT2D eigenvalue weighted by Crippen LogP contribution is 2.30. The smallest absolute Gasteiger partial charge is 0.212 e. The molecule has 6 heteroatoms. The van der Waals surface area contributed by atoms with E-state index in [1.807, 2.05) is 12.3 Å². The van der Waals surface area contributed by atoms with Crippen molar-refractivity contribution in [3.8, 4) is 11.3 Å². The van der Waals surface area contributed by atoms with Gasteiger partial charge in [-0.3, -0.25) is 0 Å². The van der Waals surface area contributed by atoms with Crippen molar-refractivity contribution < 1.29 is 0 Å². The molecular weight excluding hydrogens is 289 g/mol. The summed E-state index contributed by atoms with van der Waals surface area (Å²) in [5.74, 6) is 0. The SMILES string of the molecule is CCc1nn2cc(-c3cc(Cl)ccc3Cl)nc2s1. The summed E-state index contributed by atoms with van der Waals surface area (Å²) < 4.78 is 1.79. The third kappa shape index (κ3) is 2.00. The van der Waals surface area contributed by atoms with Gasteiger partial charge in [-0.15, -0.1) is 0 Å². The van der Waals surface area contributed by atoms with Crippen LogP contribution < -0.4 is 0 Å². The quantitative estimate of drug-likeness (QED) is 0.705. The maximum absolute atomic E-state index is 6.16. The van der Waals surface area contributed by atoms with E-state index in [-0.39, 0.29) is 0 Å². The van der Waals surface area contributed by atoms with Gasteiger partial charge < -0.3 is 0 Å². The molecule has 0 amide bonds. The topological polar surface area (TPSA) is 30.2 Å². The molecule has 0 aliphatic heterocycles. The monoisotopic (exact) mass is 297 g/mol. The first kappa shape index (κ1) is 12.0. The van der Waals surface area contributed by atoms with E-state index in [4.69, 9.17) is 23.2 Å². The molecule has 92 valence electrons. The standard InChI is InChI=1S/C12H9Cl2N3S/c1-2-11-16-17-6-10(15-12(17)18-11)8-5-7(13)3-4-9(8)14/h3-6H,2H2,1H3. The maximum atomic E-state index is 6.16. The van der Waals surface area contributed by atoms with E-state index in [1.165, 1.54) is 0 Å². The van der Waals surface area contributed by atoms with Gasteiger partial charge in [0.1, 0.15) is 5.01 Å². The van der Waals surface area contributed by atoms with Gasteiger partial charge in [-0.25, -0.2) is 9.50 Å². The van der Waals surface area contributed by atoms with Crippen molar-refractivity contribution in [3.63, 3.8) is 0 Å². The van der Waals surface area contributed by atoms with Crippen LogP contribution in [0.3, 0.4) is 0 Å². The van der Waals surface area contributed by atoms with Gasteiger partial charge in [0.05, 0.1) is 16.9 Å². The van der Waals surface area contributed by atoms with Gasteiger partial charge in [0.2, 0.25) is 4.96 Å². The third-order valence-electron chi connectivity index (χ3n) is 2.59. The van der Waals surface area contributed by atoms with Gasteiger partial charge in [-0.2, -0.15) is 5.10 Å². The highest BCUT2D eigenvalue weighted by Gasteiger charge is 2.11. The average molecular weight is 298 g/mol. The van der Waals surface area contributed by atoms with Crippen LogP contribution in [0.4, 0.5) is 0 Å². The molecule has 0 spiro atoms. The zero-order valence-electron chi connectivity index (χ0n) is 9.52. The Labute approximate surface area is 118 Å². The molecule has 0 radical (unpaired) electrons. The van der Waals surface area contributed by atoms with E-state index in [0.29, 0.717) is 10.0 Å². The molecule has 3 aromatic rings. The Kier molecular flexibility index (Phi) is 3.01.